The number of likely N-dealkylation sites (N-methyl/N-ethyl adjacent to an activating group) is 1. The van der Waals surface area contributed by atoms with E-state index in [0.29, 0.717) is 12.6 Å². The highest BCUT2D eigenvalue weighted by atomic mass is 16.3. The van der Waals surface area contributed by atoms with Crippen LogP contribution in [0, 0.1) is 5.92 Å². The molecule has 2 atom stereocenters. The van der Waals surface area contributed by atoms with E-state index in [4.69, 9.17) is 0 Å². The first-order valence-corrected chi connectivity index (χ1v) is 6.43. The van der Waals surface area contributed by atoms with Crippen molar-refractivity contribution < 1.29 is 5.11 Å². The lowest BCUT2D eigenvalue weighted by Crippen LogP contribution is -2.45. The molecule has 0 radical (unpaired) electrons. The van der Waals surface area contributed by atoms with Gasteiger partial charge < -0.3 is 15.3 Å². The summed E-state index contributed by atoms with van der Waals surface area (Å²) in [7, 11) is 2.11. The maximum Gasteiger partial charge on any atom is 0.0791 e. The molecular weight excluding hydrogens is 200 g/mol. The molecule has 16 heavy (non-hydrogen) atoms. The second-order valence-electron chi connectivity index (χ2n) is 6.30. The van der Waals surface area contributed by atoms with Gasteiger partial charge in [0.15, 0.2) is 0 Å². The van der Waals surface area contributed by atoms with Crippen molar-refractivity contribution in [3.8, 4) is 0 Å². The van der Waals surface area contributed by atoms with Crippen molar-refractivity contribution in [2.45, 2.75) is 58.2 Å². The molecule has 0 saturated heterocycles. The lowest BCUT2D eigenvalue weighted by molar-refractivity contribution is 0.0959. The number of aliphatic hydroxyl groups is 1. The molecular formula is C13H28N2O. The summed E-state index contributed by atoms with van der Waals surface area (Å²) in [6.07, 6.45) is 2.45. The molecule has 3 heteroatoms. The molecule has 2 N–H and O–H groups in total. The zero-order valence-corrected chi connectivity index (χ0v) is 11.5. The van der Waals surface area contributed by atoms with Crippen LogP contribution in [0.3, 0.4) is 0 Å². The minimum Gasteiger partial charge on any atom is -0.390 e. The van der Waals surface area contributed by atoms with Gasteiger partial charge in [0, 0.05) is 24.7 Å². The van der Waals surface area contributed by atoms with Gasteiger partial charge in [0.1, 0.15) is 0 Å². The van der Waals surface area contributed by atoms with E-state index < -0.39 is 0 Å². The van der Waals surface area contributed by atoms with Crippen molar-refractivity contribution in [1.82, 2.24) is 10.2 Å². The minimum absolute atomic E-state index is 0.0850. The van der Waals surface area contributed by atoms with Gasteiger partial charge in [0.05, 0.1) is 6.10 Å². The number of hydrogen-bond acceptors (Lipinski definition) is 3. The first-order valence-electron chi connectivity index (χ1n) is 6.43. The SMILES string of the molecule is CC(C1CC1)N(C)CC(O)CNC(C)(C)C. The quantitative estimate of drug-likeness (QED) is 0.722. The third-order valence-corrected chi connectivity index (χ3v) is 3.37. The topological polar surface area (TPSA) is 35.5 Å². The Balaban J connectivity index is 2.19. The van der Waals surface area contributed by atoms with Gasteiger partial charge in [-0.25, -0.2) is 0 Å². The Morgan fingerprint density at radius 2 is 1.94 bits per heavy atom. The standard InChI is InChI=1S/C13H28N2O/c1-10(11-6-7-11)15(5)9-12(16)8-14-13(2,3)4/h10-12,14,16H,6-9H2,1-5H3. The molecule has 1 aliphatic rings. The van der Waals surface area contributed by atoms with Gasteiger partial charge in [-0.2, -0.15) is 0 Å². The third-order valence-electron chi connectivity index (χ3n) is 3.37. The average molecular weight is 228 g/mol. The predicted octanol–water partition coefficient (Wildman–Crippen LogP) is 1.47. The van der Waals surface area contributed by atoms with Gasteiger partial charge in [-0.15, -0.1) is 0 Å². The Kier molecular flexibility index (Phi) is 4.77. The Bertz CT molecular complexity index is 208. The molecule has 1 aliphatic carbocycles. The fourth-order valence-electron chi connectivity index (χ4n) is 1.93. The smallest absolute Gasteiger partial charge is 0.0791 e. The minimum atomic E-state index is -0.273. The number of aliphatic hydroxyl groups excluding tert-OH is 1. The van der Waals surface area contributed by atoms with E-state index in [1.165, 1.54) is 12.8 Å². The predicted molar refractivity (Wildman–Crippen MR) is 68.6 cm³/mol. The van der Waals surface area contributed by atoms with E-state index in [0.717, 1.165) is 12.5 Å². The van der Waals surface area contributed by atoms with Crippen LogP contribution in [0.2, 0.25) is 0 Å². The Morgan fingerprint density at radius 1 is 1.38 bits per heavy atom. The first-order chi connectivity index (χ1) is 7.29. The van der Waals surface area contributed by atoms with Crippen molar-refractivity contribution in [2.75, 3.05) is 20.1 Å². The molecule has 2 unspecified atom stereocenters. The maximum atomic E-state index is 9.93. The highest BCUT2D eigenvalue weighted by molar-refractivity contribution is 4.85. The molecule has 0 spiro atoms. The van der Waals surface area contributed by atoms with Crippen LogP contribution in [0.4, 0.5) is 0 Å². The molecule has 0 aromatic carbocycles. The van der Waals surface area contributed by atoms with E-state index in [-0.39, 0.29) is 11.6 Å². The first kappa shape index (κ1) is 13.9. The summed E-state index contributed by atoms with van der Waals surface area (Å²) < 4.78 is 0. The van der Waals surface area contributed by atoms with Crippen molar-refractivity contribution in [1.29, 1.82) is 0 Å². The van der Waals surface area contributed by atoms with Crippen LogP contribution in [-0.2, 0) is 0 Å². The Hall–Kier alpha value is -0.120. The van der Waals surface area contributed by atoms with E-state index in [1.807, 2.05) is 0 Å². The lowest BCUT2D eigenvalue weighted by Gasteiger charge is -2.29. The molecule has 1 saturated carbocycles. The maximum absolute atomic E-state index is 9.93. The largest absolute Gasteiger partial charge is 0.390 e. The summed E-state index contributed by atoms with van der Waals surface area (Å²) in [6, 6.07) is 0.615. The highest BCUT2D eigenvalue weighted by Gasteiger charge is 2.30. The average Bonchev–Trinajstić information content (AvgIpc) is 2.95. The second-order valence-corrected chi connectivity index (χ2v) is 6.30. The summed E-state index contributed by atoms with van der Waals surface area (Å²) in [5, 5.41) is 13.3. The van der Waals surface area contributed by atoms with E-state index >= 15 is 0 Å². The molecule has 96 valence electrons. The van der Waals surface area contributed by atoms with Crippen LogP contribution >= 0.6 is 0 Å². The monoisotopic (exact) mass is 228 g/mol. The van der Waals surface area contributed by atoms with Crippen molar-refractivity contribution in [3.05, 3.63) is 0 Å². The Morgan fingerprint density at radius 3 is 2.38 bits per heavy atom. The van der Waals surface area contributed by atoms with E-state index in [9.17, 15) is 5.11 Å². The van der Waals surface area contributed by atoms with Gasteiger partial charge in [-0.05, 0) is 53.5 Å². The molecule has 0 bridgehead atoms. The van der Waals surface area contributed by atoms with Gasteiger partial charge >= 0.3 is 0 Å². The van der Waals surface area contributed by atoms with Gasteiger partial charge in [-0.3, -0.25) is 0 Å². The number of nitrogens with one attached hydrogen (secondary N) is 1. The lowest BCUT2D eigenvalue weighted by atomic mass is 10.1. The second kappa shape index (κ2) is 5.48. The van der Waals surface area contributed by atoms with Gasteiger partial charge in [0.2, 0.25) is 0 Å². The fourth-order valence-corrected chi connectivity index (χ4v) is 1.93. The molecule has 1 rings (SSSR count). The van der Waals surface area contributed by atoms with E-state index in [2.05, 4.69) is 45.0 Å². The van der Waals surface area contributed by atoms with Crippen LogP contribution < -0.4 is 5.32 Å². The normalized spacial score (nSPS) is 21.2. The van der Waals surface area contributed by atoms with Crippen LogP contribution in [0.15, 0.2) is 0 Å². The summed E-state index contributed by atoms with van der Waals surface area (Å²) >= 11 is 0. The molecule has 0 amide bonds. The number of nitrogens with zero attached hydrogens (tertiary/aromatic N) is 1. The van der Waals surface area contributed by atoms with Crippen LogP contribution in [0.5, 0.6) is 0 Å². The molecule has 1 fully saturated rings. The van der Waals surface area contributed by atoms with Crippen LogP contribution in [0.1, 0.15) is 40.5 Å². The van der Waals surface area contributed by atoms with Gasteiger partial charge in [-0.1, -0.05) is 0 Å². The van der Waals surface area contributed by atoms with Crippen LogP contribution in [-0.4, -0.2) is 47.8 Å². The third kappa shape index (κ3) is 5.28. The Labute approximate surface area is 100 Å². The summed E-state index contributed by atoms with van der Waals surface area (Å²) in [5.41, 5.74) is 0.0850. The highest BCUT2D eigenvalue weighted by Crippen LogP contribution is 2.34. The fraction of sp³-hybridized carbons (Fsp3) is 1.00. The zero-order chi connectivity index (χ0) is 12.3. The summed E-state index contributed by atoms with van der Waals surface area (Å²) in [4.78, 5) is 2.28. The molecule has 0 aromatic rings. The molecule has 0 aliphatic heterocycles. The molecule has 0 aromatic heterocycles. The van der Waals surface area contributed by atoms with Crippen molar-refractivity contribution >= 4 is 0 Å². The molecule has 0 heterocycles. The summed E-state index contributed by atoms with van der Waals surface area (Å²) in [5.74, 6) is 0.868. The van der Waals surface area contributed by atoms with E-state index in [1.54, 1.807) is 0 Å². The zero-order valence-electron chi connectivity index (χ0n) is 11.5. The number of rotatable bonds is 6. The number of β-amino-alcohol motifs (C(OH)–C–C–N with tert-alkyl or cyclic N) is 1. The van der Waals surface area contributed by atoms with Crippen LogP contribution in [0.25, 0.3) is 0 Å². The summed E-state index contributed by atoms with van der Waals surface area (Å²) in [6.45, 7) is 10.1. The molecule has 3 nitrogen and oxygen atoms in total. The number of hydrogen-bond donors (Lipinski definition) is 2. The van der Waals surface area contributed by atoms with Gasteiger partial charge in [0.25, 0.3) is 0 Å². The van der Waals surface area contributed by atoms with Crippen molar-refractivity contribution in [2.24, 2.45) is 5.92 Å². The van der Waals surface area contributed by atoms with Crippen molar-refractivity contribution in [3.63, 3.8) is 0 Å².